The molecule has 1 N–H and O–H groups in total. The van der Waals surface area contributed by atoms with Gasteiger partial charge < -0.3 is 10.0 Å². The van der Waals surface area contributed by atoms with E-state index in [1.54, 1.807) is 23.1 Å². The lowest BCUT2D eigenvalue weighted by molar-refractivity contribution is -0.152. The Morgan fingerprint density at radius 3 is 2.33 bits per heavy atom. The van der Waals surface area contributed by atoms with Gasteiger partial charge in [0.2, 0.25) is 0 Å². The number of rotatable bonds is 3. The highest BCUT2D eigenvalue weighted by Gasteiger charge is 2.40. The average Bonchev–Trinajstić information content (AvgIpc) is 2.49. The van der Waals surface area contributed by atoms with E-state index in [-0.39, 0.29) is 5.91 Å². The first-order valence-corrected chi connectivity index (χ1v) is 7.63. The minimum absolute atomic E-state index is 0.136. The van der Waals surface area contributed by atoms with E-state index in [2.05, 4.69) is 0 Å². The molecule has 0 saturated carbocycles. The second kappa shape index (κ2) is 6.24. The molecule has 114 valence electrons. The van der Waals surface area contributed by atoms with Crippen LogP contribution in [-0.2, 0) is 4.79 Å². The van der Waals surface area contributed by atoms with Gasteiger partial charge in [-0.05, 0) is 37.5 Å². The third-order valence-electron chi connectivity index (χ3n) is 4.30. The van der Waals surface area contributed by atoms with Crippen LogP contribution in [0, 0.1) is 5.41 Å². The monoisotopic (exact) mass is 329 g/mol. The minimum Gasteiger partial charge on any atom is -0.481 e. The molecule has 6 heteroatoms. The van der Waals surface area contributed by atoms with E-state index in [4.69, 9.17) is 23.2 Å². The molecule has 1 aromatic carbocycles. The van der Waals surface area contributed by atoms with Crippen LogP contribution in [0.15, 0.2) is 18.2 Å². The second-order valence-corrected chi connectivity index (χ2v) is 6.17. The first-order valence-electron chi connectivity index (χ1n) is 6.87. The summed E-state index contributed by atoms with van der Waals surface area (Å²) in [5.41, 5.74) is -0.224. The van der Waals surface area contributed by atoms with Crippen molar-refractivity contribution in [2.24, 2.45) is 5.41 Å². The Balaban J connectivity index is 2.09. The van der Waals surface area contributed by atoms with Crippen molar-refractivity contribution >= 4 is 35.1 Å². The van der Waals surface area contributed by atoms with E-state index in [1.807, 2.05) is 6.92 Å². The fraction of sp³-hybridized carbons (Fsp3) is 0.467. The highest BCUT2D eigenvalue weighted by Crippen LogP contribution is 2.35. The molecule has 1 aliphatic rings. The van der Waals surface area contributed by atoms with E-state index < -0.39 is 11.4 Å². The van der Waals surface area contributed by atoms with Gasteiger partial charge in [-0.15, -0.1) is 0 Å². The van der Waals surface area contributed by atoms with Gasteiger partial charge in [0.25, 0.3) is 5.91 Å². The summed E-state index contributed by atoms with van der Waals surface area (Å²) in [4.78, 5) is 25.5. The predicted molar refractivity (Wildman–Crippen MR) is 82.0 cm³/mol. The molecule has 0 radical (unpaired) electrons. The van der Waals surface area contributed by atoms with Gasteiger partial charge >= 0.3 is 5.97 Å². The van der Waals surface area contributed by atoms with Crippen molar-refractivity contribution in [2.45, 2.75) is 26.2 Å². The van der Waals surface area contributed by atoms with Crippen LogP contribution in [0.25, 0.3) is 0 Å². The zero-order valence-corrected chi connectivity index (χ0v) is 13.2. The molecule has 1 saturated heterocycles. The highest BCUT2D eigenvalue weighted by molar-refractivity contribution is 6.42. The summed E-state index contributed by atoms with van der Waals surface area (Å²) in [6.07, 6.45) is 1.54. The van der Waals surface area contributed by atoms with Gasteiger partial charge in [0.15, 0.2) is 0 Å². The van der Waals surface area contributed by atoms with E-state index >= 15 is 0 Å². The predicted octanol–water partition coefficient (Wildman–Crippen LogP) is 3.71. The number of aliphatic carboxylic acids is 1. The fourth-order valence-corrected chi connectivity index (χ4v) is 2.97. The van der Waals surface area contributed by atoms with Gasteiger partial charge in [-0.2, -0.15) is 0 Å². The van der Waals surface area contributed by atoms with Crippen molar-refractivity contribution in [1.29, 1.82) is 0 Å². The van der Waals surface area contributed by atoms with Crippen molar-refractivity contribution in [3.05, 3.63) is 33.8 Å². The Morgan fingerprint density at radius 1 is 1.24 bits per heavy atom. The molecule has 0 atom stereocenters. The molecular formula is C15H17Cl2NO3. The van der Waals surface area contributed by atoms with E-state index in [0.29, 0.717) is 48.0 Å². The van der Waals surface area contributed by atoms with Gasteiger partial charge in [0, 0.05) is 18.7 Å². The largest absolute Gasteiger partial charge is 0.481 e. The lowest BCUT2D eigenvalue weighted by atomic mass is 9.76. The molecule has 0 spiro atoms. The molecule has 0 unspecified atom stereocenters. The lowest BCUT2D eigenvalue weighted by Crippen LogP contribution is -2.46. The van der Waals surface area contributed by atoms with E-state index in [0.717, 1.165) is 0 Å². The van der Waals surface area contributed by atoms with Crippen LogP contribution in [0.1, 0.15) is 36.5 Å². The van der Waals surface area contributed by atoms with Crippen LogP contribution in [0.2, 0.25) is 10.0 Å². The molecule has 1 fully saturated rings. The molecule has 0 aromatic heterocycles. The second-order valence-electron chi connectivity index (χ2n) is 5.36. The zero-order chi connectivity index (χ0) is 15.6. The van der Waals surface area contributed by atoms with E-state index in [1.165, 1.54) is 0 Å². The average molecular weight is 330 g/mol. The number of amides is 1. The normalized spacial score (nSPS) is 17.6. The van der Waals surface area contributed by atoms with Crippen molar-refractivity contribution in [1.82, 2.24) is 4.90 Å². The maximum atomic E-state index is 12.4. The topological polar surface area (TPSA) is 57.6 Å². The fourth-order valence-electron chi connectivity index (χ4n) is 2.67. The molecular weight excluding hydrogens is 313 g/mol. The SMILES string of the molecule is CCC1(C(=O)O)CCN(C(=O)c2ccc(Cl)c(Cl)c2)CC1. The number of hydrogen-bond acceptors (Lipinski definition) is 2. The Morgan fingerprint density at radius 2 is 1.86 bits per heavy atom. The highest BCUT2D eigenvalue weighted by atomic mass is 35.5. The van der Waals surface area contributed by atoms with Gasteiger partial charge in [0.1, 0.15) is 0 Å². The summed E-state index contributed by atoms with van der Waals surface area (Å²) in [5, 5.41) is 10.1. The molecule has 1 amide bonds. The lowest BCUT2D eigenvalue weighted by Gasteiger charge is -2.38. The first kappa shape index (κ1) is 16.1. The smallest absolute Gasteiger partial charge is 0.309 e. The van der Waals surface area contributed by atoms with Crippen LogP contribution in [0.3, 0.4) is 0 Å². The quantitative estimate of drug-likeness (QED) is 0.919. The van der Waals surface area contributed by atoms with Crippen LogP contribution in [-0.4, -0.2) is 35.0 Å². The summed E-state index contributed by atoms with van der Waals surface area (Å²) in [6, 6.07) is 4.77. The van der Waals surface area contributed by atoms with Gasteiger partial charge in [-0.25, -0.2) is 0 Å². The van der Waals surface area contributed by atoms with E-state index in [9.17, 15) is 14.7 Å². The molecule has 1 aromatic rings. The molecule has 4 nitrogen and oxygen atoms in total. The Labute approximate surface area is 133 Å². The molecule has 21 heavy (non-hydrogen) atoms. The zero-order valence-electron chi connectivity index (χ0n) is 11.7. The Hall–Kier alpha value is -1.26. The number of carboxylic acids is 1. The summed E-state index contributed by atoms with van der Waals surface area (Å²) < 4.78 is 0. The number of carboxylic acid groups (broad SMARTS) is 1. The van der Waals surface area contributed by atoms with Gasteiger partial charge in [0.05, 0.1) is 15.5 Å². The number of halogens is 2. The number of nitrogens with zero attached hydrogens (tertiary/aromatic N) is 1. The van der Waals surface area contributed by atoms with Crippen molar-refractivity contribution < 1.29 is 14.7 Å². The van der Waals surface area contributed by atoms with Crippen molar-refractivity contribution in [3.63, 3.8) is 0 Å². The maximum Gasteiger partial charge on any atom is 0.309 e. The molecule has 0 bridgehead atoms. The third kappa shape index (κ3) is 3.16. The van der Waals surface area contributed by atoms with Gasteiger partial charge in [-0.3, -0.25) is 9.59 Å². The number of carbonyl (C=O) groups is 2. The van der Waals surface area contributed by atoms with Crippen LogP contribution in [0.5, 0.6) is 0 Å². The van der Waals surface area contributed by atoms with Crippen molar-refractivity contribution in [2.75, 3.05) is 13.1 Å². The standard InChI is InChI=1S/C15H17Cl2NO3/c1-2-15(14(20)21)5-7-18(8-6-15)13(19)10-3-4-11(16)12(17)9-10/h3-4,9H,2,5-8H2,1H3,(H,20,21). The molecule has 2 rings (SSSR count). The van der Waals surface area contributed by atoms with Crippen LogP contribution >= 0.6 is 23.2 Å². The summed E-state index contributed by atoms with van der Waals surface area (Å²) >= 11 is 11.8. The molecule has 1 heterocycles. The van der Waals surface area contributed by atoms with Crippen LogP contribution in [0.4, 0.5) is 0 Å². The number of benzene rings is 1. The summed E-state index contributed by atoms with van der Waals surface area (Å²) in [5.74, 6) is -0.907. The maximum absolute atomic E-state index is 12.4. The number of piperidine rings is 1. The summed E-state index contributed by atoms with van der Waals surface area (Å²) in [6.45, 7) is 2.77. The summed E-state index contributed by atoms with van der Waals surface area (Å²) in [7, 11) is 0. The van der Waals surface area contributed by atoms with Crippen LogP contribution < -0.4 is 0 Å². The Bertz CT molecular complexity index is 566. The minimum atomic E-state index is -0.772. The number of hydrogen-bond donors (Lipinski definition) is 1. The molecule has 1 aliphatic heterocycles. The number of likely N-dealkylation sites (tertiary alicyclic amines) is 1. The van der Waals surface area contributed by atoms with Gasteiger partial charge in [-0.1, -0.05) is 30.1 Å². The third-order valence-corrected chi connectivity index (χ3v) is 5.04. The molecule has 0 aliphatic carbocycles. The van der Waals surface area contributed by atoms with Crippen molar-refractivity contribution in [3.8, 4) is 0 Å². The Kier molecular flexibility index (Phi) is 4.79. The number of carbonyl (C=O) groups excluding carboxylic acids is 1. The first-order chi connectivity index (χ1) is 9.89.